The zero-order valence-electron chi connectivity index (χ0n) is 14.7. The second-order valence-electron chi connectivity index (χ2n) is 5.43. The molecule has 0 N–H and O–H groups in total. The van der Waals surface area contributed by atoms with Crippen LogP contribution in [-0.2, 0) is 12.8 Å². The van der Waals surface area contributed by atoms with Crippen LogP contribution in [0.2, 0.25) is 10.0 Å². The van der Waals surface area contributed by atoms with Crippen LogP contribution in [0.4, 0.5) is 0 Å². The maximum atomic E-state index is 5.86. The van der Waals surface area contributed by atoms with Crippen molar-refractivity contribution in [1.82, 2.24) is 0 Å². The standard InChI is InChI=1S/C11H16.C10H8Cl2O/c1-4-10-7-6-8-11(5-2)9(10)3;1-3-4-13-10-5-7(2)8(11)6-9(10)12/h6-8H,4-5H2,1-3H3;1,5-6H,4H2,2H3. The van der Waals surface area contributed by atoms with Crippen LogP contribution < -0.4 is 4.74 Å². The van der Waals surface area contributed by atoms with E-state index >= 15 is 0 Å². The SMILES string of the molecule is C#CCOc1cc(C)c(Cl)cc1Cl.CCc1cccc(CC)c1C. The van der Waals surface area contributed by atoms with E-state index in [2.05, 4.69) is 44.9 Å². The summed E-state index contributed by atoms with van der Waals surface area (Å²) < 4.78 is 5.20. The summed E-state index contributed by atoms with van der Waals surface area (Å²) in [6, 6.07) is 10.00. The molecular weight excluding hydrogens is 339 g/mol. The van der Waals surface area contributed by atoms with Crippen molar-refractivity contribution in [3.8, 4) is 18.1 Å². The Balaban J connectivity index is 0.000000243. The molecule has 128 valence electrons. The summed E-state index contributed by atoms with van der Waals surface area (Å²) in [5.74, 6) is 2.93. The first kappa shape index (κ1) is 20.4. The zero-order valence-corrected chi connectivity index (χ0v) is 16.3. The number of aryl methyl sites for hydroxylation is 3. The first-order chi connectivity index (χ1) is 11.4. The van der Waals surface area contributed by atoms with Gasteiger partial charge in [-0.2, -0.15) is 0 Å². The van der Waals surface area contributed by atoms with Crippen LogP contribution in [0.5, 0.6) is 5.75 Å². The van der Waals surface area contributed by atoms with Crippen LogP contribution in [0.15, 0.2) is 30.3 Å². The van der Waals surface area contributed by atoms with E-state index in [1.807, 2.05) is 6.92 Å². The molecule has 3 heteroatoms. The van der Waals surface area contributed by atoms with Crippen molar-refractivity contribution >= 4 is 23.2 Å². The van der Waals surface area contributed by atoms with Gasteiger partial charge in [-0.05, 0) is 61.1 Å². The molecule has 2 rings (SSSR count). The van der Waals surface area contributed by atoms with Gasteiger partial charge < -0.3 is 4.74 Å². The van der Waals surface area contributed by atoms with E-state index in [1.165, 1.54) is 16.7 Å². The average Bonchev–Trinajstić information content (AvgIpc) is 2.58. The third kappa shape index (κ3) is 5.78. The van der Waals surface area contributed by atoms with Gasteiger partial charge in [0.1, 0.15) is 12.4 Å². The van der Waals surface area contributed by atoms with Gasteiger partial charge in [0.2, 0.25) is 0 Å². The summed E-state index contributed by atoms with van der Waals surface area (Å²) in [5.41, 5.74) is 5.38. The van der Waals surface area contributed by atoms with Crippen molar-refractivity contribution in [3.05, 3.63) is 62.6 Å². The summed E-state index contributed by atoms with van der Waals surface area (Å²) in [4.78, 5) is 0. The average molecular weight is 363 g/mol. The lowest BCUT2D eigenvalue weighted by Gasteiger charge is -2.06. The van der Waals surface area contributed by atoms with Gasteiger partial charge in [-0.25, -0.2) is 0 Å². The fourth-order valence-corrected chi connectivity index (χ4v) is 2.80. The summed E-state index contributed by atoms with van der Waals surface area (Å²) in [6.45, 7) is 8.73. The summed E-state index contributed by atoms with van der Waals surface area (Å²) in [6.07, 6.45) is 7.36. The maximum Gasteiger partial charge on any atom is 0.148 e. The Kier molecular flexibility index (Phi) is 8.76. The zero-order chi connectivity index (χ0) is 18.1. The van der Waals surface area contributed by atoms with Crippen molar-refractivity contribution in [1.29, 1.82) is 0 Å². The number of terminal acetylenes is 1. The van der Waals surface area contributed by atoms with E-state index < -0.39 is 0 Å². The Morgan fingerprint density at radius 2 is 1.58 bits per heavy atom. The van der Waals surface area contributed by atoms with Gasteiger partial charge >= 0.3 is 0 Å². The molecule has 0 aliphatic rings. The van der Waals surface area contributed by atoms with Crippen LogP contribution in [0.25, 0.3) is 0 Å². The van der Waals surface area contributed by atoms with Crippen LogP contribution in [-0.4, -0.2) is 6.61 Å². The molecular formula is C21H24Cl2O. The number of rotatable bonds is 4. The Bertz CT molecular complexity index is 692. The minimum atomic E-state index is 0.209. The minimum absolute atomic E-state index is 0.209. The molecule has 0 heterocycles. The van der Waals surface area contributed by atoms with Gasteiger partial charge in [0.05, 0.1) is 5.02 Å². The highest BCUT2D eigenvalue weighted by Gasteiger charge is 2.04. The predicted molar refractivity (Wildman–Crippen MR) is 105 cm³/mol. The van der Waals surface area contributed by atoms with E-state index in [0.717, 1.165) is 18.4 Å². The molecule has 1 nitrogen and oxygen atoms in total. The highest BCUT2D eigenvalue weighted by Crippen LogP contribution is 2.30. The van der Waals surface area contributed by atoms with E-state index in [1.54, 1.807) is 12.1 Å². The number of benzene rings is 2. The van der Waals surface area contributed by atoms with E-state index in [9.17, 15) is 0 Å². The normalized spacial score (nSPS) is 9.71. The molecule has 0 aromatic heterocycles. The van der Waals surface area contributed by atoms with Gasteiger partial charge in [0.25, 0.3) is 0 Å². The van der Waals surface area contributed by atoms with Crippen molar-refractivity contribution in [2.24, 2.45) is 0 Å². The van der Waals surface area contributed by atoms with Crippen LogP contribution in [0, 0.1) is 26.2 Å². The highest BCUT2D eigenvalue weighted by molar-refractivity contribution is 6.35. The molecule has 24 heavy (non-hydrogen) atoms. The lowest BCUT2D eigenvalue weighted by Crippen LogP contribution is -1.94. The lowest BCUT2D eigenvalue weighted by molar-refractivity contribution is 0.370. The minimum Gasteiger partial charge on any atom is -0.479 e. The topological polar surface area (TPSA) is 9.23 Å². The molecule has 0 saturated heterocycles. The second kappa shape index (κ2) is 10.3. The fourth-order valence-electron chi connectivity index (χ4n) is 2.36. The molecule has 0 bridgehead atoms. The first-order valence-electron chi connectivity index (χ1n) is 8.03. The molecule has 0 amide bonds. The predicted octanol–water partition coefficient (Wildman–Crippen LogP) is 6.43. The van der Waals surface area contributed by atoms with E-state index in [-0.39, 0.29) is 6.61 Å². The molecule has 2 aromatic rings. The number of halogens is 2. The Labute approximate surface area is 155 Å². The molecule has 0 saturated carbocycles. The number of hydrogen-bond donors (Lipinski definition) is 0. The summed E-state index contributed by atoms with van der Waals surface area (Å²) >= 11 is 11.7. The van der Waals surface area contributed by atoms with E-state index in [4.69, 9.17) is 34.4 Å². The third-order valence-electron chi connectivity index (χ3n) is 3.84. The van der Waals surface area contributed by atoms with Crippen molar-refractivity contribution in [2.45, 2.75) is 40.5 Å². The van der Waals surface area contributed by atoms with Crippen LogP contribution in [0.1, 0.15) is 36.1 Å². The molecule has 0 fully saturated rings. The molecule has 0 atom stereocenters. The van der Waals surface area contributed by atoms with Crippen molar-refractivity contribution in [3.63, 3.8) is 0 Å². The van der Waals surface area contributed by atoms with Gasteiger partial charge in [-0.3, -0.25) is 0 Å². The molecule has 0 aliphatic carbocycles. The molecule has 0 aliphatic heterocycles. The van der Waals surface area contributed by atoms with Gasteiger partial charge in [0.15, 0.2) is 0 Å². The molecule has 2 aromatic carbocycles. The van der Waals surface area contributed by atoms with E-state index in [0.29, 0.717) is 15.8 Å². The van der Waals surface area contributed by atoms with Crippen LogP contribution in [0.3, 0.4) is 0 Å². The first-order valence-corrected chi connectivity index (χ1v) is 8.79. The quantitative estimate of drug-likeness (QED) is 0.569. The Morgan fingerprint density at radius 1 is 1.00 bits per heavy atom. The number of hydrogen-bond acceptors (Lipinski definition) is 1. The second-order valence-corrected chi connectivity index (χ2v) is 6.25. The van der Waals surface area contributed by atoms with Gasteiger partial charge in [-0.1, -0.05) is 61.2 Å². The maximum absolute atomic E-state index is 5.86. The highest BCUT2D eigenvalue weighted by atomic mass is 35.5. The van der Waals surface area contributed by atoms with Crippen molar-refractivity contribution < 1.29 is 4.74 Å². The van der Waals surface area contributed by atoms with Crippen LogP contribution >= 0.6 is 23.2 Å². The Hall–Kier alpha value is -1.62. The lowest BCUT2D eigenvalue weighted by atomic mass is 9.99. The van der Waals surface area contributed by atoms with Gasteiger partial charge in [-0.15, -0.1) is 6.42 Å². The van der Waals surface area contributed by atoms with Crippen molar-refractivity contribution in [2.75, 3.05) is 6.61 Å². The molecule has 0 radical (unpaired) electrons. The smallest absolute Gasteiger partial charge is 0.148 e. The third-order valence-corrected chi connectivity index (χ3v) is 4.55. The molecule has 0 spiro atoms. The fraction of sp³-hybridized carbons (Fsp3) is 0.333. The largest absolute Gasteiger partial charge is 0.479 e. The molecule has 0 unspecified atom stereocenters. The Morgan fingerprint density at radius 3 is 2.08 bits per heavy atom. The monoisotopic (exact) mass is 362 g/mol. The van der Waals surface area contributed by atoms with Gasteiger partial charge in [0, 0.05) is 5.02 Å². The number of ether oxygens (including phenoxy) is 1. The summed E-state index contributed by atoms with van der Waals surface area (Å²) in [7, 11) is 0. The summed E-state index contributed by atoms with van der Waals surface area (Å²) in [5, 5.41) is 1.10.